The first kappa shape index (κ1) is 14.5. The van der Waals surface area contributed by atoms with Gasteiger partial charge in [-0.2, -0.15) is 0 Å². The fourth-order valence-corrected chi connectivity index (χ4v) is 2.63. The predicted molar refractivity (Wildman–Crippen MR) is 79.5 cm³/mol. The molecular weight excluding hydrogens is 353 g/mol. The van der Waals surface area contributed by atoms with E-state index in [0.29, 0.717) is 12.2 Å². The molecular formula is C10H16IN3O2S. The zero-order chi connectivity index (χ0) is 13.1. The summed E-state index contributed by atoms with van der Waals surface area (Å²) in [5.41, 5.74) is 7.22. The number of hydrogen-bond acceptors (Lipinski definition) is 4. The van der Waals surface area contributed by atoms with Crippen LogP contribution in [0.3, 0.4) is 0 Å². The highest BCUT2D eigenvalue weighted by atomic mass is 127. The number of hydrogen-bond donors (Lipinski definition) is 2. The number of nitrogens with zero attached hydrogens (tertiary/aromatic N) is 1. The lowest BCUT2D eigenvalue weighted by Gasteiger charge is -2.13. The van der Waals surface area contributed by atoms with Crippen LogP contribution in [0.4, 0.5) is 11.4 Å². The molecule has 0 aliphatic heterocycles. The van der Waals surface area contributed by atoms with E-state index in [4.69, 9.17) is 5.73 Å². The van der Waals surface area contributed by atoms with Gasteiger partial charge in [-0.15, -0.1) is 0 Å². The van der Waals surface area contributed by atoms with Gasteiger partial charge in [0.2, 0.25) is 10.0 Å². The number of nitrogens with one attached hydrogen (secondary N) is 1. The highest BCUT2D eigenvalue weighted by molar-refractivity contribution is 14.1. The molecule has 0 saturated heterocycles. The molecule has 0 fully saturated rings. The number of rotatable bonds is 5. The van der Waals surface area contributed by atoms with Gasteiger partial charge in [0.1, 0.15) is 0 Å². The van der Waals surface area contributed by atoms with E-state index in [1.165, 1.54) is 18.4 Å². The molecule has 0 bridgehead atoms. The van der Waals surface area contributed by atoms with Gasteiger partial charge in [0.15, 0.2) is 0 Å². The second-order valence-corrected chi connectivity index (χ2v) is 7.23. The molecule has 96 valence electrons. The van der Waals surface area contributed by atoms with Crippen molar-refractivity contribution in [1.82, 2.24) is 4.31 Å². The average Bonchev–Trinajstić information content (AvgIpc) is 2.21. The lowest BCUT2D eigenvalue weighted by Crippen LogP contribution is -2.28. The van der Waals surface area contributed by atoms with Gasteiger partial charge in [-0.3, -0.25) is 0 Å². The van der Waals surface area contributed by atoms with E-state index in [1.54, 1.807) is 6.07 Å². The summed E-state index contributed by atoms with van der Waals surface area (Å²) in [6, 6.07) is 5.47. The van der Waals surface area contributed by atoms with E-state index in [0.717, 1.165) is 9.26 Å². The predicted octanol–water partition coefficient (Wildman–Crippen LogP) is 1.18. The van der Waals surface area contributed by atoms with Crippen molar-refractivity contribution in [3.63, 3.8) is 0 Å². The Bertz CT molecular complexity index is 488. The summed E-state index contributed by atoms with van der Waals surface area (Å²) in [4.78, 5) is 0. The quantitative estimate of drug-likeness (QED) is 0.604. The molecule has 7 heteroatoms. The third kappa shape index (κ3) is 4.32. The number of benzene rings is 1. The smallest absolute Gasteiger partial charge is 0.215 e. The fraction of sp³-hybridized carbons (Fsp3) is 0.400. The summed E-state index contributed by atoms with van der Waals surface area (Å²) in [6.45, 7) is 0.375. The van der Waals surface area contributed by atoms with Crippen LogP contribution in [0.25, 0.3) is 0 Å². The molecule has 0 spiro atoms. The van der Waals surface area contributed by atoms with Gasteiger partial charge < -0.3 is 11.1 Å². The summed E-state index contributed by atoms with van der Waals surface area (Å²) in [5, 5.41) is 3.08. The van der Waals surface area contributed by atoms with Gasteiger partial charge in [-0.05, 0) is 40.8 Å². The maximum absolute atomic E-state index is 11.5. The molecule has 1 aromatic rings. The van der Waals surface area contributed by atoms with E-state index in [9.17, 15) is 8.42 Å². The van der Waals surface area contributed by atoms with Crippen molar-refractivity contribution >= 4 is 44.0 Å². The molecule has 1 rings (SSSR count). The van der Waals surface area contributed by atoms with Crippen molar-refractivity contribution in [3.05, 3.63) is 21.8 Å². The monoisotopic (exact) mass is 369 g/mol. The maximum Gasteiger partial charge on any atom is 0.215 e. The molecule has 0 aromatic heterocycles. The zero-order valence-electron chi connectivity index (χ0n) is 9.77. The Labute approximate surface area is 116 Å². The average molecular weight is 369 g/mol. The van der Waals surface area contributed by atoms with Crippen molar-refractivity contribution in [3.8, 4) is 0 Å². The summed E-state index contributed by atoms with van der Waals surface area (Å²) >= 11 is 2.16. The highest BCUT2D eigenvalue weighted by Crippen LogP contribution is 2.20. The Hall–Kier alpha value is -0.540. The molecule has 0 unspecified atom stereocenters. The van der Waals surface area contributed by atoms with E-state index in [-0.39, 0.29) is 5.75 Å². The summed E-state index contributed by atoms with van der Waals surface area (Å²) in [7, 11) is -0.0855. The Morgan fingerprint density at radius 1 is 1.41 bits per heavy atom. The van der Waals surface area contributed by atoms with Gasteiger partial charge in [-0.1, -0.05) is 0 Å². The minimum Gasteiger partial charge on any atom is -0.399 e. The molecule has 5 nitrogen and oxygen atoms in total. The molecule has 0 radical (unpaired) electrons. The Balaban J connectivity index is 2.58. The van der Waals surface area contributed by atoms with Gasteiger partial charge in [0.05, 0.1) is 5.75 Å². The Morgan fingerprint density at radius 2 is 2.06 bits per heavy atom. The first-order valence-electron chi connectivity index (χ1n) is 5.02. The van der Waals surface area contributed by atoms with Gasteiger partial charge in [-0.25, -0.2) is 12.7 Å². The lowest BCUT2D eigenvalue weighted by atomic mass is 10.3. The minimum atomic E-state index is -3.15. The van der Waals surface area contributed by atoms with Crippen LogP contribution in [-0.4, -0.2) is 39.1 Å². The molecule has 0 saturated carbocycles. The normalized spacial score (nSPS) is 11.8. The van der Waals surface area contributed by atoms with Gasteiger partial charge in [0.25, 0.3) is 0 Å². The van der Waals surface area contributed by atoms with E-state index >= 15 is 0 Å². The third-order valence-electron chi connectivity index (χ3n) is 2.22. The zero-order valence-corrected chi connectivity index (χ0v) is 12.7. The largest absolute Gasteiger partial charge is 0.399 e. The third-order valence-corrected chi connectivity index (χ3v) is 4.95. The van der Waals surface area contributed by atoms with Crippen LogP contribution >= 0.6 is 22.6 Å². The number of halogens is 1. The van der Waals surface area contributed by atoms with Crippen LogP contribution in [0, 0.1) is 3.57 Å². The van der Waals surface area contributed by atoms with Crippen LogP contribution in [0.1, 0.15) is 0 Å². The van der Waals surface area contributed by atoms with Crippen molar-refractivity contribution < 1.29 is 8.42 Å². The summed E-state index contributed by atoms with van der Waals surface area (Å²) in [5.74, 6) is 0.0699. The van der Waals surface area contributed by atoms with Crippen molar-refractivity contribution in [2.75, 3.05) is 37.4 Å². The number of anilines is 2. The van der Waals surface area contributed by atoms with Gasteiger partial charge >= 0.3 is 0 Å². The molecule has 0 aliphatic carbocycles. The van der Waals surface area contributed by atoms with Crippen molar-refractivity contribution in [1.29, 1.82) is 0 Å². The standard InChI is InChI=1S/C10H16IN3O2S/c1-14(2)17(15,16)6-5-13-10-4-3-8(12)7-9(10)11/h3-4,7,13H,5-6,12H2,1-2H3. The van der Waals surface area contributed by atoms with E-state index in [1.807, 2.05) is 12.1 Å². The maximum atomic E-state index is 11.5. The molecule has 0 heterocycles. The number of sulfonamides is 1. The topological polar surface area (TPSA) is 75.4 Å². The molecule has 3 N–H and O–H groups in total. The van der Waals surface area contributed by atoms with Crippen LogP contribution < -0.4 is 11.1 Å². The van der Waals surface area contributed by atoms with Crippen LogP contribution in [0.5, 0.6) is 0 Å². The SMILES string of the molecule is CN(C)S(=O)(=O)CCNc1ccc(N)cc1I. The number of nitrogens with two attached hydrogens (primary N) is 1. The van der Waals surface area contributed by atoms with Crippen molar-refractivity contribution in [2.24, 2.45) is 0 Å². The fourth-order valence-electron chi connectivity index (χ4n) is 1.17. The molecule has 1 aromatic carbocycles. The number of nitrogen functional groups attached to an aromatic ring is 1. The van der Waals surface area contributed by atoms with Crippen LogP contribution in [0.2, 0.25) is 0 Å². The highest BCUT2D eigenvalue weighted by Gasteiger charge is 2.12. The lowest BCUT2D eigenvalue weighted by molar-refractivity contribution is 0.521. The summed E-state index contributed by atoms with van der Waals surface area (Å²) in [6.07, 6.45) is 0. The molecule has 0 aliphatic rings. The molecule has 0 atom stereocenters. The summed E-state index contributed by atoms with van der Waals surface area (Å²) < 4.78 is 25.2. The molecule has 17 heavy (non-hydrogen) atoms. The first-order chi connectivity index (χ1) is 7.83. The van der Waals surface area contributed by atoms with Crippen molar-refractivity contribution in [2.45, 2.75) is 0 Å². The molecule has 0 amide bonds. The second kappa shape index (κ2) is 5.87. The van der Waals surface area contributed by atoms with Crippen LogP contribution in [0.15, 0.2) is 18.2 Å². The van der Waals surface area contributed by atoms with Gasteiger partial charge in [0, 0.05) is 35.6 Å². The van der Waals surface area contributed by atoms with E-state index < -0.39 is 10.0 Å². The second-order valence-electron chi connectivity index (χ2n) is 3.76. The van der Waals surface area contributed by atoms with Crippen LogP contribution in [-0.2, 0) is 10.0 Å². The Kier molecular flexibility index (Phi) is 5.02. The van der Waals surface area contributed by atoms with E-state index in [2.05, 4.69) is 27.9 Å². The Morgan fingerprint density at radius 3 is 2.59 bits per heavy atom. The first-order valence-corrected chi connectivity index (χ1v) is 7.71. The minimum absolute atomic E-state index is 0.0699.